The second kappa shape index (κ2) is 13.0. The second-order valence-corrected chi connectivity index (χ2v) is 10.6. The number of aryl methyl sites for hydroxylation is 1. The molecule has 0 aromatic heterocycles. The van der Waals surface area contributed by atoms with Gasteiger partial charge in [0.2, 0.25) is 18.6 Å². The Morgan fingerprint density at radius 2 is 1.71 bits per heavy atom. The molecule has 0 aliphatic carbocycles. The molecule has 0 spiro atoms. The van der Waals surface area contributed by atoms with E-state index >= 15 is 0 Å². The van der Waals surface area contributed by atoms with E-state index in [0.29, 0.717) is 40.9 Å². The summed E-state index contributed by atoms with van der Waals surface area (Å²) in [6.45, 7) is 4.97. The van der Waals surface area contributed by atoms with Gasteiger partial charge in [-0.3, -0.25) is 9.59 Å². The predicted molar refractivity (Wildman–Crippen MR) is 150 cm³/mol. The molecule has 0 bridgehead atoms. The number of ether oxygens (including phenoxy) is 2. The summed E-state index contributed by atoms with van der Waals surface area (Å²) in [5.41, 5.74) is 2.64. The van der Waals surface area contributed by atoms with Crippen molar-refractivity contribution in [2.45, 2.75) is 45.7 Å². The number of nitrogens with zero attached hydrogens (tertiary/aromatic N) is 1. The Balaban J connectivity index is 1.61. The van der Waals surface area contributed by atoms with Gasteiger partial charge in [-0.15, -0.1) is 0 Å². The second-order valence-electron chi connectivity index (χ2n) is 9.79. The smallest absolute Gasteiger partial charge is 0.243 e. The molecule has 38 heavy (non-hydrogen) atoms. The van der Waals surface area contributed by atoms with Crippen LogP contribution in [0.4, 0.5) is 0 Å². The van der Waals surface area contributed by atoms with E-state index in [4.69, 9.17) is 32.7 Å². The molecule has 0 fully saturated rings. The van der Waals surface area contributed by atoms with E-state index in [9.17, 15) is 9.59 Å². The zero-order valence-electron chi connectivity index (χ0n) is 21.6. The fourth-order valence-corrected chi connectivity index (χ4v) is 4.77. The lowest BCUT2D eigenvalue weighted by Crippen LogP contribution is -2.51. The van der Waals surface area contributed by atoms with E-state index in [2.05, 4.69) is 5.32 Å². The van der Waals surface area contributed by atoms with Crippen LogP contribution in [-0.4, -0.2) is 36.1 Å². The average Bonchev–Trinajstić information content (AvgIpc) is 3.37. The van der Waals surface area contributed by atoms with Crippen molar-refractivity contribution in [1.82, 2.24) is 10.2 Å². The van der Waals surface area contributed by atoms with Crippen LogP contribution in [0, 0.1) is 5.92 Å². The predicted octanol–water partition coefficient (Wildman–Crippen LogP) is 6.07. The number of benzene rings is 3. The summed E-state index contributed by atoms with van der Waals surface area (Å²) in [5, 5.41) is 3.99. The Morgan fingerprint density at radius 1 is 0.947 bits per heavy atom. The molecule has 1 heterocycles. The summed E-state index contributed by atoms with van der Waals surface area (Å²) < 4.78 is 10.9. The Kier molecular flexibility index (Phi) is 9.53. The molecule has 1 unspecified atom stereocenters. The van der Waals surface area contributed by atoms with Crippen molar-refractivity contribution in [3.05, 3.63) is 93.5 Å². The van der Waals surface area contributed by atoms with Crippen LogP contribution in [0.2, 0.25) is 10.0 Å². The molecule has 2 amide bonds. The van der Waals surface area contributed by atoms with Crippen molar-refractivity contribution in [2.24, 2.45) is 5.92 Å². The number of hydrogen-bond acceptors (Lipinski definition) is 4. The number of nitrogens with one attached hydrogen (secondary N) is 1. The van der Waals surface area contributed by atoms with Crippen LogP contribution in [0.3, 0.4) is 0 Å². The Labute approximate surface area is 233 Å². The summed E-state index contributed by atoms with van der Waals surface area (Å²) in [7, 11) is 0. The van der Waals surface area contributed by atoms with Crippen molar-refractivity contribution in [2.75, 3.05) is 13.3 Å². The van der Waals surface area contributed by atoms with Crippen LogP contribution < -0.4 is 14.8 Å². The van der Waals surface area contributed by atoms with Gasteiger partial charge >= 0.3 is 0 Å². The minimum absolute atomic E-state index is 0.144. The SMILES string of the molecule is CC(C)CNC(=O)C(Cc1ccccc1)N(Cc1ccc(Cl)cc1Cl)C(=O)CCc1ccc2c(c1)OCO2. The lowest BCUT2D eigenvalue weighted by molar-refractivity contribution is -0.141. The summed E-state index contributed by atoms with van der Waals surface area (Å²) in [5.74, 6) is 1.31. The monoisotopic (exact) mass is 554 g/mol. The van der Waals surface area contributed by atoms with E-state index in [1.54, 1.807) is 23.1 Å². The van der Waals surface area contributed by atoms with E-state index in [-0.39, 0.29) is 37.5 Å². The fourth-order valence-electron chi connectivity index (χ4n) is 4.30. The molecule has 0 saturated carbocycles. The highest BCUT2D eigenvalue weighted by Gasteiger charge is 2.31. The Hall–Kier alpha value is -3.22. The fraction of sp³-hybridized carbons (Fsp3) is 0.333. The van der Waals surface area contributed by atoms with Gasteiger partial charge in [0.05, 0.1) is 0 Å². The first-order chi connectivity index (χ1) is 18.3. The van der Waals surface area contributed by atoms with Crippen LogP contribution in [0.1, 0.15) is 37.0 Å². The van der Waals surface area contributed by atoms with Gasteiger partial charge in [0.1, 0.15) is 6.04 Å². The van der Waals surface area contributed by atoms with Crippen LogP contribution in [0.25, 0.3) is 0 Å². The summed E-state index contributed by atoms with van der Waals surface area (Å²) in [4.78, 5) is 29.0. The van der Waals surface area contributed by atoms with Gasteiger partial charge in [-0.25, -0.2) is 0 Å². The standard InChI is InChI=1S/C30H32Cl2N2O4/c1-20(2)17-33-30(36)26(14-21-6-4-3-5-7-21)34(18-23-10-11-24(31)16-25(23)32)29(35)13-9-22-8-12-27-28(15-22)38-19-37-27/h3-8,10-12,15-16,20,26H,9,13-14,17-19H2,1-2H3,(H,33,36). The molecular formula is C30H32Cl2N2O4. The van der Waals surface area contributed by atoms with Crippen LogP contribution in [-0.2, 0) is 29.0 Å². The number of halogens is 2. The number of carbonyl (C=O) groups excluding carboxylic acids is 2. The molecular weight excluding hydrogens is 523 g/mol. The lowest BCUT2D eigenvalue weighted by atomic mass is 10.0. The first-order valence-corrected chi connectivity index (χ1v) is 13.5. The quantitative estimate of drug-likeness (QED) is 0.312. The van der Waals surface area contributed by atoms with Gasteiger partial charge in [0.25, 0.3) is 0 Å². The minimum Gasteiger partial charge on any atom is -0.454 e. The average molecular weight is 556 g/mol. The number of hydrogen-bond donors (Lipinski definition) is 1. The van der Waals surface area contributed by atoms with Gasteiger partial charge in [0, 0.05) is 36.0 Å². The maximum Gasteiger partial charge on any atom is 0.243 e. The van der Waals surface area contributed by atoms with E-state index in [1.165, 1.54) is 0 Å². The summed E-state index contributed by atoms with van der Waals surface area (Å²) >= 11 is 12.6. The maximum atomic E-state index is 13.8. The molecule has 1 N–H and O–H groups in total. The summed E-state index contributed by atoms with van der Waals surface area (Å²) in [6, 6.07) is 19.9. The number of rotatable bonds is 11. The third kappa shape index (κ3) is 7.42. The minimum atomic E-state index is -0.716. The molecule has 0 saturated heterocycles. The molecule has 3 aromatic rings. The third-order valence-corrected chi connectivity index (χ3v) is 6.96. The highest BCUT2D eigenvalue weighted by Crippen LogP contribution is 2.33. The van der Waals surface area contributed by atoms with E-state index < -0.39 is 6.04 Å². The number of carbonyl (C=O) groups is 2. The molecule has 8 heteroatoms. The molecule has 3 aromatic carbocycles. The number of amides is 2. The number of fused-ring (bicyclic) bond motifs is 1. The van der Waals surface area contributed by atoms with Crippen molar-refractivity contribution in [3.8, 4) is 11.5 Å². The zero-order chi connectivity index (χ0) is 27.1. The van der Waals surface area contributed by atoms with Crippen molar-refractivity contribution < 1.29 is 19.1 Å². The Bertz CT molecular complexity index is 1270. The third-order valence-electron chi connectivity index (χ3n) is 6.38. The molecule has 1 atom stereocenters. The van der Waals surface area contributed by atoms with Crippen LogP contribution >= 0.6 is 23.2 Å². The Morgan fingerprint density at radius 3 is 2.45 bits per heavy atom. The molecule has 1 aliphatic heterocycles. The van der Waals surface area contributed by atoms with Gasteiger partial charge in [-0.2, -0.15) is 0 Å². The zero-order valence-corrected chi connectivity index (χ0v) is 23.1. The highest BCUT2D eigenvalue weighted by atomic mass is 35.5. The maximum absolute atomic E-state index is 13.8. The molecule has 200 valence electrons. The molecule has 6 nitrogen and oxygen atoms in total. The van der Waals surface area contributed by atoms with Gasteiger partial charge in [0.15, 0.2) is 11.5 Å². The van der Waals surface area contributed by atoms with Gasteiger partial charge in [-0.1, -0.05) is 79.5 Å². The van der Waals surface area contributed by atoms with Crippen molar-refractivity contribution >= 4 is 35.0 Å². The molecule has 4 rings (SSSR count). The summed E-state index contributed by atoms with van der Waals surface area (Å²) in [6.07, 6.45) is 1.09. The van der Waals surface area contributed by atoms with Crippen molar-refractivity contribution in [3.63, 3.8) is 0 Å². The largest absolute Gasteiger partial charge is 0.454 e. The van der Waals surface area contributed by atoms with E-state index in [1.807, 2.05) is 62.4 Å². The first-order valence-electron chi connectivity index (χ1n) is 12.7. The highest BCUT2D eigenvalue weighted by molar-refractivity contribution is 6.35. The first kappa shape index (κ1) is 27.8. The normalized spacial score (nSPS) is 12.9. The van der Waals surface area contributed by atoms with Crippen LogP contribution in [0.15, 0.2) is 66.7 Å². The molecule has 1 aliphatic rings. The van der Waals surface area contributed by atoms with Crippen molar-refractivity contribution in [1.29, 1.82) is 0 Å². The lowest BCUT2D eigenvalue weighted by Gasteiger charge is -2.32. The topological polar surface area (TPSA) is 67.9 Å². The van der Waals surface area contributed by atoms with E-state index in [0.717, 1.165) is 16.7 Å². The van der Waals surface area contributed by atoms with Gasteiger partial charge < -0.3 is 19.7 Å². The van der Waals surface area contributed by atoms with Gasteiger partial charge in [-0.05, 0) is 53.3 Å². The van der Waals surface area contributed by atoms with Crippen LogP contribution in [0.5, 0.6) is 11.5 Å². The molecule has 0 radical (unpaired) electrons.